The minimum Gasteiger partial charge on any atom is -0.339 e. The summed E-state index contributed by atoms with van der Waals surface area (Å²) in [5, 5.41) is 8.56. The predicted octanol–water partition coefficient (Wildman–Crippen LogP) is 3.80. The van der Waals surface area contributed by atoms with Gasteiger partial charge in [0, 0.05) is 18.7 Å². The van der Waals surface area contributed by atoms with Crippen molar-refractivity contribution in [1.29, 1.82) is 0 Å². The molecule has 2 heterocycles. The van der Waals surface area contributed by atoms with Crippen LogP contribution in [0.1, 0.15) is 47.2 Å². The van der Waals surface area contributed by atoms with Gasteiger partial charge in [-0.1, -0.05) is 47.9 Å². The number of aryl methyl sites for hydroxylation is 1. The minimum atomic E-state index is 0.113. The first-order valence-electron chi connectivity index (χ1n) is 9.39. The lowest BCUT2D eigenvalue weighted by Crippen LogP contribution is -2.31. The number of hydrogen-bond donors (Lipinski definition) is 0. The third-order valence-corrected chi connectivity index (χ3v) is 5.11. The van der Waals surface area contributed by atoms with Gasteiger partial charge >= 0.3 is 0 Å². The minimum absolute atomic E-state index is 0.113. The van der Waals surface area contributed by atoms with Crippen LogP contribution in [0.25, 0.3) is 11.0 Å². The van der Waals surface area contributed by atoms with Gasteiger partial charge in [0.2, 0.25) is 0 Å². The first-order valence-corrected chi connectivity index (χ1v) is 9.39. The molecule has 1 aliphatic rings. The summed E-state index contributed by atoms with van der Waals surface area (Å²) in [5.41, 5.74) is 4.87. The summed E-state index contributed by atoms with van der Waals surface area (Å²) in [6, 6.07) is 14.2. The first-order chi connectivity index (χ1) is 12.7. The fourth-order valence-electron chi connectivity index (χ4n) is 3.54. The van der Waals surface area contributed by atoms with Crippen LogP contribution in [0.3, 0.4) is 0 Å². The third kappa shape index (κ3) is 3.47. The van der Waals surface area contributed by atoms with Crippen molar-refractivity contribution < 1.29 is 4.79 Å². The number of nitrogens with zero attached hydrogens (tertiary/aromatic N) is 4. The van der Waals surface area contributed by atoms with E-state index in [2.05, 4.69) is 41.5 Å². The molecule has 0 saturated carbocycles. The Kier molecular flexibility index (Phi) is 4.69. The number of amides is 1. The molecular formula is C21H24N4O. The van der Waals surface area contributed by atoms with Crippen molar-refractivity contribution in [3.8, 4) is 0 Å². The molecule has 0 bridgehead atoms. The van der Waals surface area contributed by atoms with Crippen molar-refractivity contribution in [3.63, 3.8) is 0 Å². The van der Waals surface area contributed by atoms with Crippen molar-refractivity contribution in [2.75, 3.05) is 13.1 Å². The molecule has 1 aliphatic heterocycles. The Hall–Kier alpha value is -2.69. The second-order valence-corrected chi connectivity index (χ2v) is 7.14. The van der Waals surface area contributed by atoms with Gasteiger partial charge in [0.25, 0.3) is 5.91 Å². The van der Waals surface area contributed by atoms with Crippen molar-refractivity contribution >= 4 is 16.9 Å². The van der Waals surface area contributed by atoms with Crippen molar-refractivity contribution in [2.24, 2.45) is 0 Å². The summed E-state index contributed by atoms with van der Waals surface area (Å²) < 4.78 is 1.89. The molecule has 4 rings (SSSR count). The van der Waals surface area contributed by atoms with Gasteiger partial charge in [-0.15, -0.1) is 5.10 Å². The smallest absolute Gasteiger partial charge is 0.253 e. The quantitative estimate of drug-likeness (QED) is 0.723. The Bertz CT molecular complexity index is 905. The zero-order valence-corrected chi connectivity index (χ0v) is 15.2. The van der Waals surface area contributed by atoms with Gasteiger partial charge in [0.1, 0.15) is 5.52 Å². The lowest BCUT2D eigenvalue weighted by atomic mass is 10.1. The molecule has 1 aromatic heterocycles. The third-order valence-electron chi connectivity index (χ3n) is 5.11. The normalized spacial score (nSPS) is 15.2. The highest BCUT2D eigenvalue weighted by atomic mass is 16.2. The zero-order chi connectivity index (χ0) is 17.9. The lowest BCUT2D eigenvalue weighted by molar-refractivity contribution is 0.0762. The molecule has 2 aromatic carbocycles. The Balaban J connectivity index is 1.56. The summed E-state index contributed by atoms with van der Waals surface area (Å²) in [5.74, 6) is 0.113. The van der Waals surface area contributed by atoms with E-state index in [0.29, 0.717) is 12.1 Å². The highest BCUT2D eigenvalue weighted by Gasteiger charge is 2.18. The second-order valence-electron chi connectivity index (χ2n) is 7.14. The number of rotatable bonds is 3. The molecule has 0 atom stereocenters. The Morgan fingerprint density at radius 1 is 1.00 bits per heavy atom. The number of hydrogen-bond acceptors (Lipinski definition) is 3. The van der Waals surface area contributed by atoms with Crippen molar-refractivity contribution in [1.82, 2.24) is 19.9 Å². The molecule has 1 fully saturated rings. The van der Waals surface area contributed by atoms with Crippen LogP contribution in [0.15, 0.2) is 42.5 Å². The molecule has 1 amide bonds. The number of carbonyl (C=O) groups is 1. The molecule has 26 heavy (non-hydrogen) atoms. The van der Waals surface area contributed by atoms with Gasteiger partial charge in [0.05, 0.1) is 12.1 Å². The maximum Gasteiger partial charge on any atom is 0.253 e. The molecule has 5 heteroatoms. The van der Waals surface area contributed by atoms with Crippen LogP contribution < -0.4 is 0 Å². The number of likely N-dealkylation sites (tertiary alicyclic amines) is 1. The molecule has 3 aromatic rings. The van der Waals surface area contributed by atoms with E-state index >= 15 is 0 Å². The topological polar surface area (TPSA) is 51.0 Å². The average molecular weight is 348 g/mol. The molecule has 0 N–H and O–H groups in total. The van der Waals surface area contributed by atoms with Gasteiger partial charge < -0.3 is 4.90 Å². The van der Waals surface area contributed by atoms with Crippen LogP contribution in [0.5, 0.6) is 0 Å². The van der Waals surface area contributed by atoms with Crippen LogP contribution >= 0.6 is 0 Å². The molecule has 0 spiro atoms. The number of fused-ring (bicyclic) bond motifs is 1. The summed E-state index contributed by atoms with van der Waals surface area (Å²) in [4.78, 5) is 14.8. The highest BCUT2D eigenvalue weighted by Crippen LogP contribution is 2.18. The van der Waals surface area contributed by atoms with E-state index < -0.39 is 0 Å². The van der Waals surface area contributed by atoms with E-state index in [-0.39, 0.29) is 5.91 Å². The van der Waals surface area contributed by atoms with Crippen LogP contribution in [0, 0.1) is 6.92 Å². The van der Waals surface area contributed by atoms with Crippen LogP contribution in [-0.4, -0.2) is 38.9 Å². The fourth-order valence-corrected chi connectivity index (χ4v) is 3.54. The van der Waals surface area contributed by atoms with Crippen LogP contribution in [-0.2, 0) is 6.54 Å². The summed E-state index contributed by atoms with van der Waals surface area (Å²) in [7, 11) is 0. The van der Waals surface area contributed by atoms with Gasteiger partial charge in [-0.3, -0.25) is 4.79 Å². The van der Waals surface area contributed by atoms with Crippen molar-refractivity contribution in [2.45, 2.75) is 39.2 Å². The van der Waals surface area contributed by atoms with Gasteiger partial charge in [-0.25, -0.2) is 4.68 Å². The van der Waals surface area contributed by atoms with Gasteiger partial charge in [0.15, 0.2) is 0 Å². The maximum atomic E-state index is 12.8. The second kappa shape index (κ2) is 7.28. The van der Waals surface area contributed by atoms with Crippen molar-refractivity contribution in [3.05, 3.63) is 59.2 Å². The first kappa shape index (κ1) is 16.8. The molecule has 1 saturated heterocycles. The Morgan fingerprint density at radius 3 is 2.46 bits per heavy atom. The summed E-state index contributed by atoms with van der Waals surface area (Å²) >= 11 is 0. The molecule has 0 unspecified atom stereocenters. The van der Waals surface area contributed by atoms with E-state index in [4.69, 9.17) is 0 Å². The number of benzene rings is 2. The van der Waals surface area contributed by atoms with Crippen LogP contribution in [0.4, 0.5) is 0 Å². The number of carbonyl (C=O) groups excluding carboxylic acids is 1. The van der Waals surface area contributed by atoms with E-state index in [1.54, 1.807) is 0 Å². The van der Waals surface area contributed by atoms with E-state index in [0.717, 1.165) is 37.0 Å². The summed E-state index contributed by atoms with van der Waals surface area (Å²) in [6.45, 7) is 4.47. The fraction of sp³-hybridized carbons (Fsp3) is 0.381. The Morgan fingerprint density at radius 2 is 1.73 bits per heavy atom. The maximum absolute atomic E-state index is 12.8. The number of aromatic nitrogens is 3. The standard InChI is InChI=1S/C21H24N4O/c1-16-6-8-17(9-7-16)15-25-20-11-10-18(14-19(20)22-23-25)21(26)24-12-4-2-3-5-13-24/h6-11,14H,2-5,12-13,15H2,1H3. The zero-order valence-electron chi connectivity index (χ0n) is 15.2. The predicted molar refractivity (Wildman–Crippen MR) is 102 cm³/mol. The Labute approximate surface area is 153 Å². The molecule has 0 aliphatic carbocycles. The largest absolute Gasteiger partial charge is 0.339 e. The highest BCUT2D eigenvalue weighted by molar-refractivity contribution is 5.97. The molecule has 134 valence electrons. The van der Waals surface area contributed by atoms with E-state index in [9.17, 15) is 4.79 Å². The van der Waals surface area contributed by atoms with Crippen LogP contribution in [0.2, 0.25) is 0 Å². The SMILES string of the molecule is Cc1ccc(Cn2nnc3cc(C(=O)N4CCCCCC4)ccc32)cc1. The van der Waals surface area contributed by atoms with E-state index in [1.165, 1.54) is 24.0 Å². The van der Waals surface area contributed by atoms with Gasteiger partial charge in [-0.2, -0.15) is 0 Å². The molecule has 0 radical (unpaired) electrons. The van der Waals surface area contributed by atoms with E-state index in [1.807, 2.05) is 27.8 Å². The van der Waals surface area contributed by atoms with Gasteiger partial charge in [-0.05, 0) is 43.5 Å². The molecular weight excluding hydrogens is 324 g/mol. The summed E-state index contributed by atoms with van der Waals surface area (Å²) in [6.07, 6.45) is 4.63. The molecule has 5 nitrogen and oxygen atoms in total. The lowest BCUT2D eigenvalue weighted by Gasteiger charge is -2.20. The average Bonchev–Trinajstić information content (AvgIpc) is 2.87. The monoisotopic (exact) mass is 348 g/mol.